The van der Waals surface area contributed by atoms with E-state index < -0.39 is 11.9 Å². The molecule has 4 aromatic rings. The number of carbonyl (C=O) groups is 2. The first kappa shape index (κ1) is 23.7. The number of phenols is 1. The molecule has 0 aliphatic heterocycles. The van der Waals surface area contributed by atoms with Crippen LogP contribution < -0.4 is 10.1 Å². The second-order valence-corrected chi connectivity index (χ2v) is 8.08. The van der Waals surface area contributed by atoms with Gasteiger partial charge in [0.15, 0.2) is 5.75 Å². The zero-order valence-corrected chi connectivity index (χ0v) is 19.5. The minimum absolute atomic E-state index is 0.000271. The van der Waals surface area contributed by atoms with Crippen molar-refractivity contribution in [2.24, 2.45) is 10.2 Å². The molecule has 1 amide bonds. The Morgan fingerprint density at radius 3 is 2.49 bits per heavy atom. The van der Waals surface area contributed by atoms with Crippen LogP contribution in [0.25, 0.3) is 10.8 Å². The number of ether oxygens (including phenoxy) is 1. The molecule has 0 saturated carbocycles. The number of carboxylic acid groups (broad SMARTS) is 1. The average molecular weight is 490 g/mol. The standard InChI is InChI=1S/C26H20ClN3O5/c1-14-11-17(27)8-9-20(14)28-25(32)19-12-15-5-3-4-6-18(15)23(24(19)31)30-29-21-13-16(26(33)34)7-10-22(21)35-2/h3-13,31H,1-2H3,(H,28,32)(H,33,34). The highest BCUT2D eigenvalue weighted by molar-refractivity contribution is 6.30. The number of fused-ring (bicyclic) bond motifs is 1. The number of halogens is 1. The molecule has 0 aliphatic carbocycles. The highest BCUT2D eigenvalue weighted by atomic mass is 35.5. The fourth-order valence-corrected chi connectivity index (χ4v) is 3.78. The fraction of sp³-hybridized carbons (Fsp3) is 0.0769. The number of carboxylic acids is 1. The number of aromatic carboxylic acids is 1. The Morgan fingerprint density at radius 2 is 1.77 bits per heavy atom. The molecule has 0 bridgehead atoms. The van der Waals surface area contributed by atoms with Crippen molar-refractivity contribution in [3.05, 3.63) is 88.4 Å². The number of hydrogen-bond donors (Lipinski definition) is 3. The van der Waals surface area contributed by atoms with Crippen molar-refractivity contribution in [2.45, 2.75) is 6.92 Å². The third-order valence-electron chi connectivity index (χ3n) is 5.36. The van der Waals surface area contributed by atoms with E-state index in [2.05, 4.69) is 15.5 Å². The van der Waals surface area contributed by atoms with Crippen LogP contribution in [0, 0.1) is 6.92 Å². The number of amides is 1. The summed E-state index contributed by atoms with van der Waals surface area (Å²) < 4.78 is 5.25. The van der Waals surface area contributed by atoms with E-state index in [0.29, 0.717) is 27.2 Å². The van der Waals surface area contributed by atoms with Gasteiger partial charge in [-0.1, -0.05) is 35.9 Å². The van der Waals surface area contributed by atoms with E-state index in [1.54, 1.807) is 55.5 Å². The minimum Gasteiger partial charge on any atom is -0.505 e. The zero-order valence-electron chi connectivity index (χ0n) is 18.7. The molecule has 0 saturated heterocycles. The van der Waals surface area contributed by atoms with Crippen molar-refractivity contribution in [1.29, 1.82) is 0 Å². The summed E-state index contributed by atoms with van der Waals surface area (Å²) in [6.45, 7) is 1.81. The summed E-state index contributed by atoms with van der Waals surface area (Å²) >= 11 is 6.00. The van der Waals surface area contributed by atoms with Gasteiger partial charge >= 0.3 is 5.97 Å². The number of azo groups is 1. The highest BCUT2D eigenvalue weighted by Crippen LogP contribution is 2.40. The first-order chi connectivity index (χ1) is 16.8. The van der Waals surface area contributed by atoms with E-state index in [0.717, 1.165) is 5.56 Å². The van der Waals surface area contributed by atoms with Gasteiger partial charge in [-0.3, -0.25) is 4.79 Å². The van der Waals surface area contributed by atoms with Gasteiger partial charge in [-0.05, 0) is 60.3 Å². The average Bonchev–Trinajstić information content (AvgIpc) is 2.84. The molecule has 0 heterocycles. The number of methoxy groups -OCH3 is 1. The Hall–Kier alpha value is -4.43. The molecule has 4 rings (SSSR count). The van der Waals surface area contributed by atoms with E-state index in [9.17, 15) is 19.8 Å². The zero-order chi connectivity index (χ0) is 25.1. The smallest absolute Gasteiger partial charge is 0.335 e. The maximum absolute atomic E-state index is 13.1. The number of hydrogen-bond acceptors (Lipinski definition) is 6. The van der Waals surface area contributed by atoms with Gasteiger partial charge in [-0.2, -0.15) is 0 Å². The van der Waals surface area contributed by atoms with Gasteiger partial charge < -0.3 is 20.3 Å². The van der Waals surface area contributed by atoms with E-state index >= 15 is 0 Å². The molecule has 35 heavy (non-hydrogen) atoms. The molecule has 9 heteroatoms. The molecule has 8 nitrogen and oxygen atoms in total. The summed E-state index contributed by atoms with van der Waals surface area (Å²) in [6, 6.07) is 17.9. The Bertz CT molecular complexity index is 1500. The number of nitrogens with one attached hydrogen (secondary N) is 1. The normalized spacial score (nSPS) is 11.1. The van der Waals surface area contributed by atoms with Gasteiger partial charge in [0.05, 0.1) is 18.2 Å². The van der Waals surface area contributed by atoms with Crippen LogP contribution in [-0.2, 0) is 0 Å². The summed E-state index contributed by atoms with van der Waals surface area (Å²) in [4.78, 5) is 24.5. The number of carbonyl (C=O) groups excluding carboxylic acids is 1. The van der Waals surface area contributed by atoms with Crippen molar-refractivity contribution < 1.29 is 24.5 Å². The van der Waals surface area contributed by atoms with Crippen LogP contribution in [0.15, 0.2) is 77.0 Å². The quantitative estimate of drug-likeness (QED) is 0.255. The molecule has 0 spiro atoms. The van der Waals surface area contributed by atoms with Crippen molar-refractivity contribution in [3.8, 4) is 11.5 Å². The Labute approximate surface area is 205 Å². The maximum Gasteiger partial charge on any atom is 0.335 e. The first-order valence-corrected chi connectivity index (χ1v) is 10.8. The van der Waals surface area contributed by atoms with Gasteiger partial charge in [0.1, 0.15) is 17.1 Å². The van der Waals surface area contributed by atoms with Crippen LogP contribution in [0.1, 0.15) is 26.3 Å². The number of phenolic OH excluding ortho intramolecular Hbond substituents is 1. The van der Waals surface area contributed by atoms with E-state index in [4.69, 9.17) is 16.3 Å². The van der Waals surface area contributed by atoms with Crippen LogP contribution in [0.2, 0.25) is 5.02 Å². The minimum atomic E-state index is -1.13. The second-order valence-electron chi connectivity index (χ2n) is 7.65. The van der Waals surface area contributed by atoms with Gasteiger partial charge in [0, 0.05) is 16.1 Å². The first-order valence-electron chi connectivity index (χ1n) is 10.4. The van der Waals surface area contributed by atoms with E-state index in [-0.39, 0.29) is 28.3 Å². The Kier molecular flexibility index (Phi) is 6.66. The molecule has 0 aliphatic rings. The second kappa shape index (κ2) is 9.82. The van der Waals surface area contributed by atoms with Crippen molar-refractivity contribution in [1.82, 2.24) is 0 Å². The summed E-state index contributed by atoms with van der Waals surface area (Å²) in [5, 5.41) is 33.2. The summed E-state index contributed by atoms with van der Waals surface area (Å²) in [5.74, 6) is -1.74. The number of aromatic hydroxyl groups is 1. The number of benzene rings is 4. The number of anilines is 1. The van der Waals surface area contributed by atoms with Crippen LogP contribution in [0.3, 0.4) is 0 Å². The van der Waals surface area contributed by atoms with Crippen molar-refractivity contribution in [3.63, 3.8) is 0 Å². The molecular formula is C26H20ClN3O5. The fourth-order valence-electron chi connectivity index (χ4n) is 3.55. The van der Waals surface area contributed by atoms with E-state index in [1.165, 1.54) is 25.3 Å². The third kappa shape index (κ3) is 4.92. The SMILES string of the molecule is COc1ccc(C(=O)O)cc1N=Nc1c(O)c(C(=O)Nc2ccc(Cl)cc2C)cc2ccccc12. The van der Waals surface area contributed by atoms with Gasteiger partial charge in [0.25, 0.3) is 5.91 Å². The maximum atomic E-state index is 13.1. The van der Waals surface area contributed by atoms with Crippen LogP contribution >= 0.6 is 11.6 Å². The van der Waals surface area contributed by atoms with Crippen LogP contribution in [-0.4, -0.2) is 29.2 Å². The largest absolute Gasteiger partial charge is 0.505 e. The molecule has 3 N–H and O–H groups in total. The molecule has 0 unspecified atom stereocenters. The third-order valence-corrected chi connectivity index (χ3v) is 5.60. The monoisotopic (exact) mass is 489 g/mol. The summed E-state index contributed by atoms with van der Waals surface area (Å²) in [5.41, 5.74) is 1.52. The molecule has 176 valence electrons. The predicted molar refractivity (Wildman–Crippen MR) is 134 cm³/mol. The van der Waals surface area contributed by atoms with Crippen LogP contribution in [0.5, 0.6) is 11.5 Å². The van der Waals surface area contributed by atoms with E-state index in [1.807, 2.05) is 0 Å². The van der Waals surface area contributed by atoms with Gasteiger partial charge in [-0.15, -0.1) is 10.2 Å². The molecular weight excluding hydrogens is 470 g/mol. The van der Waals surface area contributed by atoms with Crippen molar-refractivity contribution >= 4 is 51.3 Å². The molecule has 0 radical (unpaired) electrons. The molecule has 0 aromatic heterocycles. The van der Waals surface area contributed by atoms with Crippen molar-refractivity contribution in [2.75, 3.05) is 12.4 Å². The highest BCUT2D eigenvalue weighted by Gasteiger charge is 2.19. The molecule has 4 aromatic carbocycles. The lowest BCUT2D eigenvalue weighted by Crippen LogP contribution is -2.13. The predicted octanol–water partition coefficient (Wildman–Crippen LogP) is 6.88. The number of nitrogens with zero attached hydrogens (tertiary/aromatic N) is 2. The summed E-state index contributed by atoms with van der Waals surface area (Å²) in [7, 11) is 1.42. The summed E-state index contributed by atoms with van der Waals surface area (Å²) in [6.07, 6.45) is 0. The number of aryl methyl sites for hydroxylation is 1. The lowest BCUT2D eigenvalue weighted by Gasteiger charge is -2.13. The number of rotatable bonds is 6. The molecule has 0 fully saturated rings. The Balaban J connectivity index is 1.80. The van der Waals surface area contributed by atoms with Gasteiger partial charge in [0.2, 0.25) is 0 Å². The topological polar surface area (TPSA) is 121 Å². The molecule has 0 atom stereocenters. The lowest BCUT2D eigenvalue weighted by molar-refractivity contribution is 0.0696. The Morgan fingerprint density at radius 1 is 1.00 bits per heavy atom. The lowest BCUT2D eigenvalue weighted by atomic mass is 10.0. The van der Waals surface area contributed by atoms with Crippen LogP contribution in [0.4, 0.5) is 17.1 Å². The van der Waals surface area contributed by atoms with Gasteiger partial charge in [-0.25, -0.2) is 4.79 Å².